The summed E-state index contributed by atoms with van der Waals surface area (Å²) >= 11 is 0. The molecule has 1 saturated heterocycles. The molecule has 1 atom stereocenters. The number of hydrogen-bond acceptors (Lipinski definition) is 3. The van der Waals surface area contributed by atoms with Gasteiger partial charge in [0.1, 0.15) is 0 Å². The topological polar surface area (TPSA) is 72.6 Å². The quantitative estimate of drug-likeness (QED) is 0.655. The third-order valence-corrected chi connectivity index (χ3v) is 3.14. The summed E-state index contributed by atoms with van der Waals surface area (Å²) in [6.07, 6.45) is 3.37. The zero-order valence-electron chi connectivity index (χ0n) is 8.05. The first-order chi connectivity index (χ1) is 6.54. The molecule has 1 fully saturated rings. The molecule has 6 heteroatoms. The molecule has 0 spiro atoms. The molecular weight excluding hydrogens is 204 g/mol. The molecule has 0 aliphatic carbocycles. The highest BCUT2D eigenvalue weighted by Gasteiger charge is 2.23. The smallest absolute Gasteiger partial charge is 0.277 e. The van der Waals surface area contributed by atoms with E-state index >= 15 is 0 Å². The third kappa shape index (κ3) is 3.38. The maximum atomic E-state index is 11.1. The molecule has 0 amide bonds. The summed E-state index contributed by atoms with van der Waals surface area (Å²) in [5.74, 6) is 0. The van der Waals surface area contributed by atoms with Crippen molar-refractivity contribution < 1.29 is 13.2 Å². The number of ether oxygens (including phenoxy) is 1. The molecule has 14 heavy (non-hydrogen) atoms. The molecule has 1 heterocycles. The molecule has 1 rings (SSSR count). The first kappa shape index (κ1) is 11.6. The van der Waals surface area contributed by atoms with E-state index in [2.05, 4.69) is 6.58 Å². The average Bonchev–Trinajstić information content (AvgIpc) is 2.54. The van der Waals surface area contributed by atoms with Crippen LogP contribution in [0, 0.1) is 0 Å². The largest absolute Gasteiger partial charge is 0.377 e. The van der Waals surface area contributed by atoms with Gasteiger partial charge in [-0.05, 0) is 12.8 Å². The maximum Gasteiger partial charge on any atom is 0.277 e. The monoisotopic (exact) mass is 220 g/mol. The number of nitrogens with two attached hydrogens (primary N) is 1. The van der Waals surface area contributed by atoms with Gasteiger partial charge >= 0.3 is 0 Å². The summed E-state index contributed by atoms with van der Waals surface area (Å²) in [5, 5.41) is 5.04. The van der Waals surface area contributed by atoms with Crippen LogP contribution in [-0.2, 0) is 14.9 Å². The summed E-state index contributed by atoms with van der Waals surface area (Å²) in [6, 6.07) is 0. The zero-order chi connectivity index (χ0) is 10.6. The fraction of sp³-hybridized carbons (Fsp3) is 0.750. The summed E-state index contributed by atoms with van der Waals surface area (Å²) < 4.78 is 28.7. The van der Waals surface area contributed by atoms with Gasteiger partial charge in [0.05, 0.1) is 6.10 Å². The van der Waals surface area contributed by atoms with Gasteiger partial charge < -0.3 is 4.74 Å². The Kier molecular flexibility index (Phi) is 4.06. The Morgan fingerprint density at radius 2 is 2.36 bits per heavy atom. The van der Waals surface area contributed by atoms with E-state index < -0.39 is 10.2 Å². The summed E-state index contributed by atoms with van der Waals surface area (Å²) in [5.41, 5.74) is 0. The molecule has 0 bridgehead atoms. The summed E-state index contributed by atoms with van der Waals surface area (Å²) in [4.78, 5) is 0. The molecule has 82 valence electrons. The lowest BCUT2D eigenvalue weighted by Gasteiger charge is -2.20. The Balaban J connectivity index is 2.54. The van der Waals surface area contributed by atoms with Crippen molar-refractivity contribution in [3.63, 3.8) is 0 Å². The highest BCUT2D eigenvalue weighted by Crippen LogP contribution is 2.14. The van der Waals surface area contributed by atoms with Gasteiger partial charge in [-0.25, -0.2) is 5.14 Å². The lowest BCUT2D eigenvalue weighted by atomic mass is 10.2. The first-order valence-corrected chi connectivity index (χ1v) is 6.04. The molecule has 0 radical (unpaired) electrons. The average molecular weight is 220 g/mol. The van der Waals surface area contributed by atoms with Gasteiger partial charge in [0.15, 0.2) is 0 Å². The highest BCUT2D eigenvalue weighted by atomic mass is 32.2. The van der Waals surface area contributed by atoms with Crippen molar-refractivity contribution in [3.8, 4) is 0 Å². The van der Waals surface area contributed by atoms with Crippen molar-refractivity contribution in [2.45, 2.75) is 18.9 Å². The Morgan fingerprint density at radius 3 is 2.79 bits per heavy atom. The fourth-order valence-electron chi connectivity index (χ4n) is 1.44. The van der Waals surface area contributed by atoms with Crippen molar-refractivity contribution >= 4 is 10.2 Å². The number of hydrogen-bond donors (Lipinski definition) is 1. The molecule has 2 N–H and O–H groups in total. The Labute approximate surface area is 84.7 Å². The Morgan fingerprint density at radius 1 is 1.64 bits per heavy atom. The molecule has 0 saturated carbocycles. The molecule has 1 aliphatic rings. The van der Waals surface area contributed by atoms with Gasteiger partial charge in [-0.2, -0.15) is 12.7 Å². The highest BCUT2D eigenvalue weighted by molar-refractivity contribution is 7.86. The molecule has 0 aromatic heterocycles. The lowest BCUT2D eigenvalue weighted by Crippen LogP contribution is -2.41. The van der Waals surface area contributed by atoms with Crippen molar-refractivity contribution in [2.75, 3.05) is 19.7 Å². The van der Waals surface area contributed by atoms with E-state index in [-0.39, 0.29) is 12.6 Å². The van der Waals surface area contributed by atoms with E-state index in [1.54, 1.807) is 0 Å². The van der Waals surface area contributed by atoms with Crippen LogP contribution in [0.25, 0.3) is 0 Å². The van der Waals surface area contributed by atoms with E-state index in [1.165, 1.54) is 10.4 Å². The second-order valence-corrected chi connectivity index (χ2v) is 4.83. The van der Waals surface area contributed by atoms with E-state index in [9.17, 15) is 8.42 Å². The molecule has 5 nitrogen and oxygen atoms in total. The SMILES string of the molecule is C=CCN(C[C@H]1CCCO1)S(N)(=O)=O. The van der Waals surface area contributed by atoms with Crippen LogP contribution in [0.4, 0.5) is 0 Å². The van der Waals surface area contributed by atoms with Gasteiger partial charge in [0.2, 0.25) is 0 Å². The zero-order valence-corrected chi connectivity index (χ0v) is 8.87. The van der Waals surface area contributed by atoms with Gasteiger partial charge in [-0.3, -0.25) is 0 Å². The molecule has 1 aliphatic heterocycles. The van der Waals surface area contributed by atoms with E-state index in [0.717, 1.165) is 12.8 Å². The second-order valence-electron chi connectivity index (χ2n) is 3.29. The predicted molar refractivity (Wildman–Crippen MR) is 53.9 cm³/mol. The number of nitrogens with zero attached hydrogens (tertiary/aromatic N) is 1. The van der Waals surface area contributed by atoms with Crippen molar-refractivity contribution in [1.29, 1.82) is 0 Å². The molecule has 0 unspecified atom stereocenters. The maximum absolute atomic E-state index is 11.1. The normalized spacial score (nSPS) is 22.9. The van der Waals surface area contributed by atoms with Crippen LogP contribution in [0.1, 0.15) is 12.8 Å². The van der Waals surface area contributed by atoms with Crippen molar-refractivity contribution in [2.24, 2.45) is 5.14 Å². The fourth-order valence-corrected chi connectivity index (χ4v) is 2.13. The summed E-state index contributed by atoms with van der Waals surface area (Å²) in [7, 11) is -3.63. The predicted octanol–water partition coefficient (Wildman–Crippen LogP) is -0.143. The van der Waals surface area contributed by atoms with Crippen molar-refractivity contribution in [3.05, 3.63) is 12.7 Å². The Hall–Kier alpha value is -0.430. The number of rotatable bonds is 5. The van der Waals surface area contributed by atoms with Gasteiger partial charge in [-0.15, -0.1) is 6.58 Å². The van der Waals surface area contributed by atoms with Crippen LogP contribution in [-0.4, -0.2) is 38.5 Å². The lowest BCUT2D eigenvalue weighted by molar-refractivity contribution is 0.0957. The minimum Gasteiger partial charge on any atom is -0.377 e. The Bertz CT molecular complexity index is 283. The van der Waals surface area contributed by atoms with Gasteiger partial charge in [0.25, 0.3) is 10.2 Å². The molecular formula is C8H16N2O3S. The van der Waals surface area contributed by atoms with Gasteiger partial charge in [0, 0.05) is 19.7 Å². The van der Waals surface area contributed by atoms with Crippen LogP contribution in [0.3, 0.4) is 0 Å². The van der Waals surface area contributed by atoms with Crippen LogP contribution in [0.5, 0.6) is 0 Å². The standard InChI is InChI=1S/C8H16N2O3S/c1-2-5-10(14(9,11)12)7-8-4-3-6-13-8/h2,8H,1,3-7H2,(H2,9,11,12)/t8-/m1/s1. The first-order valence-electron chi connectivity index (χ1n) is 4.54. The molecule has 0 aromatic rings. The van der Waals surface area contributed by atoms with E-state index in [0.29, 0.717) is 13.2 Å². The van der Waals surface area contributed by atoms with Crippen LogP contribution in [0.15, 0.2) is 12.7 Å². The van der Waals surface area contributed by atoms with Gasteiger partial charge in [-0.1, -0.05) is 6.08 Å². The van der Waals surface area contributed by atoms with E-state index in [1.807, 2.05) is 0 Å². The summed E-state index contributed by atoms with van der Waals surface area (Å²) in [6.45, 7) is 4.75. The van der Waals surface area contributed by atoms with Crippen LogP contribution in [0.2, 0.25) is 0 Å². The minimum atomic E-state index is -3.63. The van der Waals surface area contributed by atoms with Crippen LogP contribution < -0.4 is 5.14 Å². The van der Waals surface area contributed by atoms with Crippen LogP contribution >= 0.6 is 0 Å². The second kappa shape index (κ2) is 4.88. The van der Waals surface area contributed by atoms with Crippen molar-refractivity contribution in [1.82, 2.24) is 4.31 Å². The van der Waals surface area contributed by atoms with E-state index in [4.69, 9.17) is 9.88 Å². The third-order valence-electron chi connectivity index (χ3n) is 2.12. The molecule has 0 aromatic carbocycles. The minimum absolute atomic E-state index is 0.0201.